The molecule has 0 N–H and O–H groups in total. The first-order valence-corrected chi connectivity index (χ1v) is 4.38. The van der Waals surface area contributed by atoms with Gasteiger partial charge in [0.25, 0.3) is 5.91 Å². The van der Waals surface area contributed by atoms with Gasteiger partial charge in [-0.1, -0.05) is 30.8 Å². The molecule has 0 aliphatic heterocycles. The highest BCUT2D eigenvalue weighted by Gasteiger charge is 1.99. The van der Waals surface area contributed by atoms with Crippen molar-refractivity contribution in [1.82, 2.24) is 4.57 Å². The summed E-state index contributed by atoms with van der Waals surface area (Å²) < 4.78 is 1.50. The monoisotopic (exact) mass is 187 g/mol. The molecule has 0 aromatic carbocycles. The van der Waals surface area contributed by atoms with E-state index in [1.54, 1.807) is 31.5 Å². The average Bonchev–Trinajstić information content (AvgIpc) is 2.29. The lowest BCUT2D eigenvalue weighted by Gasteiger charge is -2.00. The predicted molar refractivity (Wildman–Crippen MR) is 57.5 cm³/mol. The van der Waals surface area contributed by atoms with Crippen molar-refractivity contribution in [3.63, 3.8) is 0 Å². The highest BCUT2D eigenvalue weighted by Crippen LogP contribution is 1.94. The van der Waals surface area contributed by atoms with Crippen LogP contribution < -0.4 is 0 Å². The van der Waals surface area contributed by atoms with Crippen molar-refractivity contribution in [3.05, 3.63) is 60.9 Å². The Morgan fingerprint density at radius 2 is 1.43 bits per heavy atom. The molecule has 0 amide bonds. The van der Waals surface area contributed by atoms with Gasteiger partial charge in [-0.05, 0) is 19.1 Å². The van der Waals surface area contributed by atoms with E-state index in [1.807, 2.05) is 24.3 Å². The van der Waals surface area contributed by atoms with Crippen LogP contribution in [0.1, 0.15) is 11.7 Å². The van der Waals surface area contributed by atoms with E-state index in [0.29, 0.717) is 5.57 Å². The molecule has 0 unspecified atom stereocenters. The second-order valence-corrected chi connectivity index (χ2v) is 2.95. The summed E-state index contributed by atoms with van der Waals surface area (Å²) >= 11 is 0. The summed E-state index contributed by atoms with van der Waals surface area (Å²) in [5, 5.41) is 0. The van der Waals surface area contributed by atoms with Crippen LogP contribution in [0.2, 0.25) is 0 Å². The molecule has 0 aliphatic rings. The molecule has 72 valence electrons. The third-order valence-corrected chi connectivity index (χ3v) is 1.65. The molecule has 1 heterocycles. The molecule has 0 atom stereocenters. The summed E-state index contributed by atoms with van der Waals surface area (Å²) in [5.41, 5.74) is 0.520. The zero-order valence-electron chi connectivity index (χ0n) is 8.18. The third-order valence-electron chi connectivity index (χ3n) is 1.65. The summed E-state index contributed by atoms with van der Waals surface area (Å²) in [6.45, 7) is 5.31. The predicted octanol–water partition coefficient (Wildman–Crippen LogP) is 2.83. The first-order chi connectivity index (χ1) is 6.72. The second kappa shape index (κ2) is 5.02. The number of carbonyl (C=O) groups is 1. The maximum atomic E-state index is 11.6. The Bertz CT molecular complexity index is 365. The Morgan fingerprint density at radius 3 is 1.86 bits per heavy atom. The Hall–Kier alpha value is -1.83. The molecule has 0 spiro atoms. The minimum Gasteiger partial charge on any atom is -0.291 e. The fourth-order valence-electron chi connectivity index (χ4n) is 0.947. The van der Waals surface area contributed by atoms with Gasteiger partial charge in [0, 0.05) is 18.0 Å². The van der Waals surface area contributed by atoms with E-state index < -0.39 is 0 Å². The number of aromatic nitrogens is 1. The molecule has 0 radical (unpaired) electrons. The van der Waals surface area contributed by atoms with E-state index in [1.165, 1.54) is 4.57 Å². The molecule has 2 nitrogen and oxygen atoms in total. The highest BCUT2D eigenvalue weighted by molar-refractivity contribution is 5.93. The van der Waals surface area contributed by atoms with Crippen LogP contribution in [-0.2, 0) is 0 Å². The van der Waals surface area contributed by atoms with Gasteiger partial charge < -0.3 is 0 Å². The van der Waals surface area contributed by atoms with Crippen molar-refractivity contribution < 1.29 is 4.79 Å². The highest BCUT2D eigenvalue weighted by atomic mass is 16.2. The zero-order valence-corrected chi connectivity index (χ0v) is 8.18. The molecule has 1 aromatic rings. The van der Waals surface area contributed by atoms with Gasteiger partial charge >= 0.3 is 0 Å². The van der Waals surface area contributed by atoms with Gasteiger partial charge in [-0.3, -0.25) is 9.36 Å². The zero-order chi connectivity index (χ0) is 10.4. The van der Waals surface area contributed by atoms with Gasteiger partial charge in [0.2, 0.25) is 0 Å². The van der Waals surface area contributed by atoms with Crippen molar-refractivity contribution in [3.8, 4) is 0 Å². The summed E-state index contributed by atoms with van der Waals surface area (Å²) in [4.78, 5) is 11.6. The lowest BCUT2D eigenvalue weighted by molar-refractivity contribution is 0.0955. The molecule has 14 heavy (non-hydrogen) atoms. The summed E-state index contributed by atoms with van der Waals surface area (Å²) in [6, 6.07) is 11.1. The van der Waals surface area contributed by atoms with E-state index in [9.17, 15) is 4.79 Å². The average molecular weight is 187 g/mol. The molecule has 0 aliphatic carbocycles. The van der Waals surface area contributed by atoms with Gasteiger partial charge in [0.15, 0.2) is 0 Å². The topological polar surface area (TPSA) is 22.0 Å². The maximum absolute atomic E-state index is 11.6. The van der Waals surface area contributed by atoms with E-state index in [2.05, 4.69) is 6.58 Å². The lowest BCUT2D eigenvalue weighted by Crippen LogP contribution is -2.09. The summed E-state index contributed by atoms with van der Waals surface area (Å²) in [6.07, 6.45) is 3.41. The molecule has 1 rings (SSSR count). The Morgan fingerprint density at radius 1 is 1.00 bits per heavy atom. The molecule has 0 fully saturated rings. The maximum Gasteiger partial charge on any atom is 0.256 e. The van der Waals surface area contributed by atoms with Crippen LogP contribution in [0, 0.1) is 0 Å². The molecular weight excluding hydrogens is 174 g/mol. The number of nitrogens with zero attached hydrogens (tertiary/aromatic N) is 1. The molecule has 0 saturated carbocycles. The largest absolute Gasteiger partial charge is 0.291 e. The van der Waals surface area contributed by atoms with Crippen LogP contribution in [0.3, 0.4) is 0 Å². The molecular formula is C12H13NO. The number of allylic oxidation sites excluding steroid dienone is 1. The minimum atomic E-state index is -0.0961. The normalized spacial score (nSPS) is 8.93. The Balaban J connectivity index is 3.18. The fourth-order valence-corrected chi connectivity index (χ4v) is 0.947. The quantitative estimate of drug-likeness (QED) is 0.619. The van der Waals surface area contributed by atoms with Gasteiger partial charge in [-0.25, -0.2) is 0 Å². The molecule has 0 bridgehead atoms. The van der Waals surface area contributed by atoms with Crippen LogP contribution in [-0.4, -0.2) is 10.5 Å². The lowest BCUT2D eigenvalue weighted by atomic mass is 10.3. The first-order valence-electron chi connectivity index (χ1n) is 4.38. The van der Waals surface area contributed by atoms with Gasteiger partial charge in [-0.2, -0.15) is 0 Å². The van der Waals surface area contributed by atoms with Gasteiger partial charge in [0.05, 0.1) is 0 Å². The third kappa shape index (κ3) is 2.90. The SMILES string of the molecule is C=C(C)C(=O)n1cccccccc1. The van der Waals surface area contributed by atoms with Crippen LogP contribution >= 0.6 is 0 Å². The molecule has 1 aromatic heterocycles. The van der Waals surface area contributed by atoms with Crippen LogP contribution in [0.5, 0.6) is 0 Å². The van der Waals surface area contributed by atoms with Gasteiger partial charge in [-0.15, -0.1) is 0 Å². The van der Waals surface area contributed by atoms with Crippen LogP contribution in [0.4, 0.5) is 0 Å². The number of hydrogen-bond donors (Lipinski definition) is 0. The summed E-state index contributed by atoms with van der Waals surface area (Å²) in [7, 11) is 0. The van der Waals surface area contributed by atoms with Crippen molar-refractivity contribution in [1.29, 1.82) is 0 Å². The van der Waals surface area contributed by atoms with Gasteiger partial charge in [0.1, 0.15) is 0 Å². The molecule has 0 saturated heterocycles. The van der Waals surface area contributed by atoms with Crippen molar-refractivity contribution >= 4 is 5.91 Å². The minimum absolute atomic E-state index is 0.0961. The van der Waals surface area contributed by atoms with Crippen LogP contribution in [0.25, 0.3) is 0 Å². The van der Waals surface area contributed by atoms with E-state index in [0.717, 1.165) is 0 Å². The van der Waals surface area contributed by atoms with E-state index in [4.69, 9.17) is 0 Å². The van der Waals surface area contributed by atoms with Crippen LogP contribution in [0.15, 0.2) is 60.9 Å². The fraction of sp³-hybridized carbons (Fsp3) is 0.0833. The number of hydrogen-bond acceptors (Lipinski definition) is 1. The summed E-state index contributed by atoms with van der Waals surface area (Å²) in [5.74, 6) is -0.0961. The standard InChI is InChI=1S/C12H13NO/c1-11(2)12(14)13-9-7-5-3-4-6-8-10-13/h3-10H,1H2,2H3. The first kappa shape index (κ1) is 10.3. The van der Waals surface area contributed by atoms with E-state index in [-0.39, 0.29) is 5.91 Å². The Labute approximate surface area is 83.8 Å². The van der Waals surface area contributed by atoms with E-state index >= 15 is 0 Å². The molecule has 2 heteroatoms. The second-order valence-electron chi connectivity index (χ2n) is 2.95. The smallest absolute Gasteiger partial charge is 0.256 e. The van der Waals surface area contributed by atoms with Crippen molar-refractivity contribution in [2.75, 3.05) is 0 Å². The van der Waals surface area contributed by atoms with Crippen molar-refractivity contribution in [2.24, 2.45) is 0 Å². The number of carbonyl (C=O) groups excluding carboxylic acids is 1. The Kier molecular flexibility index (Phi) is 3.68. The number of rotatable bonds is 1. The van der Waals surface area contributed by atoms with Crippen molar-refractivity contribution in [2.45, 2.75) is 6.92 Å².